The lowest BCUT2D eigenvalue weighted by atomic mass is 10.1. The van der Waals surface area contributed by atoms with Gasteiger partial charge in [-0.2, -0.15) is 0 Å². The number of amides is 1. The zero-order valence-electron chi connectivity index (χ0n) is 16.3. The summed E-state index contributed by atoms with van der Waals surface area (Å²) >= 11 is 0. The number of ether oxygens (including phenoxy) is 2. The highest BCUT2D eigenvalue weighted by Crippen LogP contribution is 2.29. The second-order valence-electron chi connectivity index (χ2n) is 6.41. The van der Waals surface area contributed by atoms with Gasteiger partial charge in [-0.3, -0.25) is 4.79 Å². The molecule has 3 rings (SSSR count). The molecule has 0 unspecified atom stereocenters. The largest absolute Gasteiger partial charge is 0.483 e. The molecule has 0 atom stereocenters. The first-order chi connectivity index (χ1) is 14.2. The van der Waals surface area contributed by atoms with Crippen LogP contribution in [-0.2, 0) is 9.53 Å². The van der Waals surface area contributed by atoms with E-state index in [0.717, 1.165) is 17.5 Å². The lowest BCUT2D eigenvalue weighted by Gasteiger charge is -2.12. The van der Waals surface area contributed by atoms with E-state index >= 15 is 0 Å². The van der Waals surface area contributed by atoms with Crippen molar-refractivity contribution in [1.29, 1.82) is 0 Å². The van der Waals surface area contributed by atoms with Crippen molar-refractivity contribution in [2.75, 3.05) is 18.5 Å². The van der Waals surface area contributed by atoms with Gasteiger partial charge in [0, 0.05) is 11.3 Å². The summed E-state index contributed by atoms with van der Waals surface area (Å²) in [4.78, 5) is 24.1. The second-order valence-corrected chi connectivity index (χ2v) is 6.41. The SMILES string of the molecule is CCCOC(=O)c1ccc(NC(=O)COc2ccccc2-c2ccccc2)cc1. The van der Waals surface area contributed by atoms with Gasteiger partial charge < -0.3 is 14.8 Å². The fourth-order valence-corrected chi connectivity index (χ4v) is 2.76. The number of rotatable bonds is 8. The molecule has 0 aliphatic heterocycles. The highest BCUT2D eigenvalue weighted by Gasteiger charge is 2.10. The summed E-state index contributed by atoms with van der Waals surface area (Å²) in [5.74, 6) is -0.0115. The molecule has 0 radical (unpaired) electrons. The second kappa shape index (κ2) is 10.1. The van der Waals surface area contributed by atoms with Gasteiger partial charge in [-0.15, -0.1) is 0 Å². The van der Waals surface area contributed by atoms with E-state index in [1.54, 1.807) is 24.3 Å². The lowest BCUT2D eigenvalue weighted by molar-refractivity contribution is -0.118. The molecule has 0 aliphatic carbocycles. The summed E-state index contributed by atoms with van der Waals surface area (Å²) in [6, 6.07) is 24.0. The summed E-state index contributed by atoms with van der Waals surface area (Å²) in [6.07, 6.45) is 0.771. The molecule has 1 amide bonds. The Morgan fingerprint density at radius 3 is 2.28 bits per heavy atom. The van der Waals surface area contributed by atoms with Crippen molar-refractivity contribution in [3.05, 3.63) is 84.4 Å². The Labute approximate surface area is 170 Å². The third-order valence-corrected chi connectivity index (χ3v) is 4.17. The molecule has 1 N–H and O–H groups in total. The van der Waals surface area contributed by atoms with Crippen LogP contribution in [-0.4, -0.2) is 25.1 Å². The molecule has 29 heavy (non-hydrogen) atoms. The maximum atomic E-state index is 12.3. The van der Waals surface area contributed by atoms with E-state index < -0.39 is 0 Å². The number of esters is 1. The standard InChI is InChI=1S/C24H23NO4/c1-2-16-28-24(27)19-12-14-20(15-13-19)25-23(26)17-29-22-11-7-6-10-21(22)18-8-4-3-5-9-18/h3-15H,2,16-17H2,1H3,(H,25,26). The van der Waals surface area contributed by atoms with E-state index in [2.05, 4.69) is 5.32 Å². The highest BCUT2D eigenvalue weighted by molar-refractivity contribution is 5.93. The monoisotopic (exact) mass is 389 g/mol. The first-order valence-electron chi connectivity index (χ1n) is 9.51. The van der Waals surface area contributed by atoms with Gasteiger partial charge in [0.15, 0.2) is 6.61 Å². The Morgan fingerprint density at radius 1 is 0.862 bits per heavy atom. The van der Waals surface area contributed by atoms with Crippen molar-refractivity contribution in [1.82, 2.24) is 0 Å². The van der Waals surface area contributed by atoms with Crippen molar-refractivity contribution < 1.29 is 19.1 Å². The Balaban J connectivity index is 1.58. The van der Waals surface area contributed by atoms with Gasteiger partial charge in [-0.1, -0.05) is 55.5 Å². The molecule has 0 aromatic heterocycles. The normalized spacial score (nSPS) is 10.2. The first kappa shape index (κ1) is 20.1. The molecule has 148 valence electrons. The van der Waals surface area contributed by atoms with Crippen molar-refractivity contribution >= 4 is 17.6 Å². The Morgan fingerprint density at radius 2 is 1.55 bits per heavy atom. The third-order valence-electron chi connectivity index (χ3n) is 4.17. The average Bonchev–Trinajstić information content (AvgIpc) is 2.77. The zero-order chi connectivity index (χ0) is 20.5. The number of benzene rings is 3. The van der Waals surface area contributed by atoms with Crippen LogP contribution in [0.1, 0.15) is 23.7 Å². The quantitative estimate of drug-likeness (QED) is 0.554. The minimum atomic E-state index is -0.370. The number of carbonyl (C=O) groups excluding carboxylic acids is 2. The minimum absolute atomic E-state index is 0.121. The van der Waals surface area contributed by atoms with Gasteiger partial charge in [0.25, 0.3) is 5.91 Å². The van der Waals surface area contributed by atoms with Gasteiger partial charge in [-0.25, -0.2) is 4.79 Å². The molecule has 3 aromatic carbocycles. The molecule has 3 aromatic rings. The molecule has 5 heteroatoms. The maximum Gasteiger partial charge on any atom is 0.338 e. The van der Waals surface area contributed by atoms with Crippen LogP contribution in [0.15, 0.2) is 78.9 Å². The number of nitrogens with one attached hydrogen (secondary N) is 1. The molecular formula is C24H23NO4. The fourth-order valence-electron chi connectivity index (χ4n) is 2.76. The van der Waals surface area contributed by atoms with Gasteiger partial charge in [0.2, 0.25) is 0 Å². The molecular weight excluding hydrogens is 366 g/mol. The maximum absolute atomic E-state index is 12.3. The van der Waals surface area contributed by atoms with E-state index in [0.29, 0.717) is 23.6 Å². The van der Waals surface area contributed by atoms with E-state index in [9.17, 15) is 9.59 Å². The molecule has 0 bridgehead atoms. The van der Waals surface area contributed by atoms with Crippen LogP contribution in [0, 0.1) is 0 Å². The number of carbonyl (C=O) groups is 2. The molecule has 0 aliphatic rings. The topological polar surface area (TPSA) is 64.6 Å². The molecule has 0 saturated heterocycles. The predicted octanol–water partition coefficient (Wildman–Crippen LogP) is 4.94. The average molecular weight is 389 g/mol. The highest BCUT2D eigenvalue weighted by atomic mass is 16.5. The van der Waals surface area contributed by atoms with Crippen LogP contribution < -0.4 is 10.1 Å². The number of hydrogen-bond acceptors (Lipinski definition) is 4. The van der Waals surface area contributed by atoms with Gasteiger partial charge >= 0.3 is 5.97 Å². The summed E-state index contributed by atoms with van der Waals surface area (Å²) in [5.41, 5.74) is 2.98. The molecule has 0 saturated carbocycles. The fraction of sp³-hybridized carbons (Fsp3) is 0.167. The van der Waals surface area contributed by atoms with Crippen molar-refractivity contribution in [3.63, 3.8) is 0 Å². The third kappa shape index (κ3) is 5.69. The predicted molar refractivity (Wildman–Crippen MR) is 113 cm³/mol. The smallest absolute Gasteiger partial charge is 0.338 e. The van der Waals surface area contributed by atoms with Crippen LogP contribution in [0.5, 0.6) is 5.75 Å². The van der Waals surface area contributed by atoms with Crippen LogP contribution in [0.2, 0.25) is 0 Å². The van der Waals surface area contributed by atoms with E-state index in [1.165, 1.54) is 0 Å². The van der Waals surface area contributed by atoms with Crippen molar-refractivity contribution in [3.8, 4) is 16.9 Å². The first-order valence-corrected chi connectivity index (χ1v) is 9.51. The summed E-state index contributed by atoms with van der Waals surface area (Å²) in [5, 5.41) is 2.76. The van der Waals surface area contributed by atoms with Crippen molar-refractivity contribution in [2.24, 2.45) is 0 Å². The Bertz CT molecular complexity index is 952. The molecule has 0 fully saturated rings. The molecule has 0 heterocycles. The van der Waals surface area contributed by atoms with E-state index in [-0.39, 0.29) is 18.5 Å². The van der Waals surface area contributed by atoms with E-state index in [4.69, 9.17) is 9.47 Å². The van der Waals surface area contributed by atoms with Crippen LogP contribution in [0.25, 0.3) is 11.1 Å². The van der Waals surface area contributed by atoms with Crippen LogP contribution in [0.3, 0.4) is 0 Å². The van der Waals surface area contributed by atoms with E-state index in [1.807, 2.05) is 61.5 Å². The Kier molecular flexibility index (Phi) is 7.00. The van der Waals surface area contributed by atoms with Crippen LogP contribution in [0.4, 0.5) is 5.69 Å². The number of para-hydroxylation sites is 1. The lowest BCUT2D eigenvalue weighted by Crippen LogP contribution is -2.20. The van der Waals surface area contributed by atoms with Crippen LogP contribution >= 0.6 is 0 Å². The summed E-state index contributed by atoms with van der Waals surface area (Å²) < 4.78 is 10.8. The summed E-state index contributed by atoms with van der Waals surface area (Å²) in [7, 11) is 0. The van der Waals surface area contributed by atoms with Gasteiger partial charge in [0.05, 0.1) is 12.2 Å². The Hall–Kier alpha value is -3.60. The summed E-state index contributed by atoms with van der Waals surface area (Å²) in [6.45, 7) is 2.20. The van der Waals surface area contributed by atoms with Gasteiger partial charge in [-0.05, 0) is 42.3 Å². The number of hydrogen-bond donors (Lipinski definition) is 1. The van der Waals surface area contributed by atoms with Gasteiger partial charge in [0.1, 0.15) is 5.75 Å². The van der Waals surface area contributed by atoms with Crippen molar-refractivity contribution in [2.45, 2.75) is 13.3 Å². The minimum Gasteiger partial charge on any atom is -0.483 e. The number of anilines is 1. The molecule has 0 spiro atoms. The zero-order valence-corrected chi connectivity index (χ0v) is 16.3. The molecule has 5 nitrogen and oxygen atoms in total.